The third kappa shape index (κ3) is 4.66. The Bertz CT molecular complexity index is 283. The van der Waals surface area contributed by atoms with E-state index in [4.69, 9.17) is 15.6 Å². The van der Waals surface area contributed by atoms with E-state index >= 15 is 0 Å². The molecular formula is C14H28N4O. The van der Waals surface area contributed by atoms with Gasteiger partial charge in [0.15, 0.2) is 0 Å². The molecule has 2 fully saturated rings. The lowest BCUT2D eigenvalue weighted by Gasteiger charge is -2.29. The van der Waals surface area contributed by atoms with Crippen LogP contribution < -0.4 is 11.3 Å². The van der Waals surface area contributed by atoms with Gasteiger partial charge < -0.3 is 9.64 Å². The Labute approximate surface area is 116 Å². The molecule has 0 aromatic carbocycles. The summed E-state index contributed by atoms with van der Waals surface area (Å²) in [6.45, 7) is 2.75. The van der Waals surface area contributed by atoms with Crippen LogP contribution in [0.5, 0.6) is 0 Å². The molecule has 5 heteroatoms. The number of rotatable bonds is 3. The van der Waals surface area contributed by atoms with Gasteiger partial charge in [-0.2, -0.15) is 0 Å². The Morgan fingerprint density at radius 2 is 2.05 bits per heavy atom. The first kappa shape index (κ1) is 14.6. The van der Waals surface area contributed by atoms with Gasteiger partial charge in [-0.1, -0.05) is 19.3 Å². The van der Waals surface area contributed by atoms with Crippen molar-refractivity contribution in [1.82, 2.24) is 10.3 Å². The summed E-state index contributed by atoms with van der Waals surface area (Å²) < 4.78 is 5.53. The smallest absolute Gasteiger partial charge is 0.208 e. The second-order valence-corrected chi connectivity index (χ2v) is 5.85. The number of hydrogen-bond donors (Lipinski definition) is 2. The fraction of sp³-hybridized carbons (Fsp3) is 0.929. The van der Waals surface area contributed by atoms with E-state index in [1.54, 1.807) is 0 Å². The topological polar surface area (TPSA) is 62.9 Å². The first-order valence-electron chi connectivity index (χ1n) is 7.63. The van der Waals surface area contributed by atoms with Crippen molar-refractivity contribution in [3.8, 4) is 0 Å². The maximum atomic E-state index is 5.64. The Balaban J connectivity index is 1.85. The van der Waals surface area contributed by atoms with Crippen molar-refractivity contribution in [3.05, 3.63) is 0 Å². The third-order valence-electron chi connectivity index (χ3n) is 4.16. The van der Waals surface area contributed by atoms with Crippen LogP contribution in [0.2, 0.25) is 0 Å². The van der Waals surface area contributed by atoms with Crippen molar-refractivity contribution < 1.29 is 4.74 Å². The van der Waals surface area contributed by atoms with E-state index in [0.717, 1.165) is 25.7 Å². The normalized spacial score (nSPS) is 26.2. The van der Waals surface area contributed by atoms with E-state index < -0.39 is 0 Å². The fourth-order valence-electron chi connectivity index (χ4n) is 3.05. The van der Waals surface area contributed by atoms with Gasteiger partial charge in [0.1, 0.15) is 0 Å². The number of aliphatic imine (C=N–C) groups is 1. The van der Waals surface area contributed by atoms with Crippen LogP contribution in [0, 0.1) is 5.92 Å². The van der Waals surface area contributed by atoms with Crippen LogP contribution in [-0.2, 0) is 4.74 Å². The quantitative estimate of drug-likeness (QED) is 0.352. The van der Waals surface area contributed by atoms with Crippen LogP contribution in [0.1, 0.15) is 44.9 Å². The molecule has 2 aliphatic rings. The van der Waals surface area contributed by atoms with Crippen LogP contribution in [0.4, 0.5) is 0 Å². The van der Waals surface area contributed by atoms with Gasteiger partial charge in [-0.15, -0.1) is 0 Å². The molecule has 3 N–H and O–H groups in total. The van der Waals surface area contributed by atoms with E-state index in [0.29, 0.717) is 12.0 Å². The minimum Gasteiger partial charge on any atom is -0.381 e. The molecule has 2 rings (SSSR count). The molecule has 1 saturated heterocycles. The molecule has 0 bridgehead atoms. The molecule has 0 radical (unpaired) electrons. The SMILES string of the molecule is CN(CC1CCCOC1)C(=NC1CCCCC1)NN. The Morgan fingerprint density at radius 1 is 1.26 bits per heavy atom. The monoisotopic (exact) mass is 268 g/mol. The molecule has 19 heavy (non-hydrogen) atoms. The zero-order chi connectivity index (χ0) is 13.5. The number of guanidine groups is 1. The van der Waals surface area contributed by atoms with Crippen LogP contribution in [-0.4, -0.2) is 43.7 Å². The molecular weight excluding hydrogens is 240 g/mol. The number of nitrogens with one attached hydrogen (secondary N) is 1. The van der Waals surface area contributed by atoms with Crippen LogP contribution in [0.15, 0.2) is 4.99 Å². The van der Waals surface area contributed by atoms with Crippen molar-refractivity contribution in [2.75, 3.05) is 26.8 Å². The van der Waals surface area contributed by atoms with Gasteiger partial charge in [0, 0.05) is 20.2 Å². The second kappa shape index (κ2) is 7.70. The second-order valence-electron chi connectivity index (χ2n) is 5.85. The number of hydrogen-bond acceptors (Lipinski definition) is 3. The summed E-state index contributed by atoms with van der Waals surface area (Å²) in [6.07, 6.45) is 8.76. The molecule has 0 aromatic heterocycles. The molecule has 0 amide bonds. The Hall–Kier alpha value is -0.810. The largest absolute Gasteiger partial charge is 0.381 e. The fourth-order valence-corrected chi connectivity index (χ4v) is 3.05. The highest BCUT2D eigenvalue weighted by atomic mass is 16.5. The molecule has 5 nitrogen and oxygen atoms in total. The van der Waals surface area contributed by atoms with Crippen LogP contribution >= 0.6 is 0 Å². The molecule has 110 valence electrons. The molecule has 1 aliphatic carbocycles. The molecule has 0 aromatic rings. The highest BCUT2D eigenvalue weighted by Crippen LogP contribution is 2.20. The summed E-state index contributed by atoms with van der Waals surface area (Å²) >= 11 is 0. The van der Waals surface area contributed by atoms with Crippen molar-refractivity contribution in [1.29, 1.82) is 0 Å². The average molecular weight is 268 g/mol. The minimum absolute atomic E-state index is 0.449. The van der Waals surface area contributed by atoms with E-state index in [-0.39, 0.29) is 0 Å². The number of hydrazine groups is 1. The van der Waals surface area contributed by atoms with Gasteiger partial charge in [-0.25, -0.2) is 10.8 Å². The average Bonchev–Trinajstić information content (AvgIpc) is 2.47. The van der Waals surface area contributed by atoms with Gasteiger partial charge in [0.2, 0.25) is 5.96 Å². The van der Waals surface area contributed by atoms with Crippen molar-refractivity contribution in [2.45, 2.75) is 51.0 Å². The predicted molar refractivity (Wildman–Crippen MR) is 77.8 cm³/mol. The van der Waals surface area contributed by atoms with E-state index in [9.17, 15) is 0 Å². The maximum Gasteiger partial charge on any atom is 0.208 e. The summed E-state index contributed by atoms with van der Waals surface area (Å²) in [5.74, 6) is 7.07. The maximum absolute atomic E-state index is 5.64. The molecule has 0 spiro atoms. The third-order valence-corrected chi connectivity index (χ3v) is 4.16. The molecule has 1 saturated carbocycles. The highest BCUT2D eigenvalue weighted by Gasteiger charge is 2.19. The lowest BCUT2D eigenvalue weighted by atomic mass is 9.96. The van der Waals surface area contributed by atoms with Gasteiger partial charge in [0.05, 0.1) is 12.6 Å². The van der Waals surface area contributed by atoms with Crippen molar-refractivity contribution in [3.63, 3.8) is 0 Å². The Kier molecular flexibility index (Phi) is 5.92. The molecule has 1 heterocycles. The first-order valence-corrected chi connectivity index (χ1v) is 7.63. The summed E-state index contributed by atoms with van der Waals surface area (Å²) in [4.78, 5) is 6.93. The lowest BCUT2D eigenvalue weighted by molar-refractivity contribution is 0.0482. The number of ether oxygens (including phenoxy) is 1. The highest BCUT2D eigenvalue weighted by molar-refractivity contribution is 5.79. The van der Waals surface area contributed by atoms with Gasteiger partial charge in [-0.05, 0) is 31.6 Å². The molecule has 1 atom stereocenters. The van der Waals surface area contributed by atoms with Gasteiger partial charge in [-0.3, -0.25) is 5.43 Å². The number of nitrogens with two attached hydrogens (primary N) is 1. The van der Waals surface area contributed by atoms with Crippen LogP contribution in [0.25, 0.3) is 0 Å². The summed E-state index contributed by atoms with van der Waals surface area (Å²) in [6, 6.07) is 0.449. The summed E-state index contributed by atoms with van der Waals surface area (Å²) in [7, 11) is 2.07. The van der Waals surface area contributed by atoms with Gasteiger partial charge >= 0.3 is 0 Å². The minimum atomic E-state index is 0.449. The zero-order valence-corrected chi connectivity index (χ0v) is 12.1. The summed E-state index contributed by atoms with van der Waals surface area (Å²) in [5, 5.41) is 0. The summed E-state index contributed by atoms with van der Waals surface area (Å²) in [5.41, 5.74) is 2.77. The van der Waals surface area contributed by atoms with Crippen LogP contribution in [0.3, 0.4) is 0 Å². The van der Waals surface area contributed by atoms with Crippen molar-refractivity contribution in [2.24, 2.45) is 16.8 Å². The molecule has 1 unspecified atom stereocenters. The predicted octanol–water partition coefficient (Wildman–Crippen LogP) is 1.50. The lowest BCUT2D eigenvalue weighted by Crippen LogP contribution is -2.46. The van der Waals surface area contributed by atoms with Crippen molar-refractivity contribution >= 4 is 5.96 Å². The van der Waals surface area contributed by atoms with E-state index in [1.807, 2.05) is 0 Å². The Morgan fingerprint density at radius 3 is 2.68 bits per heavy atom. The van der Waals surface area contributed by atoms with E-state index in [2.05, 4.69) is 17.4 Å². The zero-order valence-electron chi connectivity index (χ0n) is 12.1. The molecule has 1 aliphatic heterocycles. The first-order chi connectivity index (χ1) is 9.29. The van der Waals surface area contributed by atoms with Gasteiger partial charge in [0.25, 0.3) is 0 Å². The number of nitrogens with zero attached hydrogens (tertiary/aromatic N) is 2. The van der Waals surface area contributed by atoms with E-state index in [1.165, 1.54) is 44.9 Å². The standard InChI is InChI=1S/C14H28N4O/c1-18(10-12-6-5-9-19-11-12)14(17-15)16-13-7-3-2-4-8-13/h12-13H,2-11,15H2,1H3,(H,16,17).